The van der Waals surface area contributed by atoms with Gasteiger partial charge in [-0.05, 0) is 17.7 Å². The van der Waals surface area contributed by atoms with Gasteiger partial charge in [-0.2, -0.15) is 0 Å². The van der Waals surface area contributed by atoms with Crippen LogP contribution in [-0.4, -0.2) is 59.2 Å². The molecule has 0 N–H and O–H groups in total. The van der Waals surface area contributed by atoms with Crippen LogP contribution in [-0.2, 0) is 11.3 Å². The molecule has 0 aliphatic carbocycles. The Hall–Kier alpha value is -2.94. The molecule has 168 valence electrons. The van der Waals surface area contributed by atoms with Gasteiger partial charge < -0.3 is 33.3 Å². The Bertz CT molecular complexity index is 899. The molecular formula is C22H27NO7S. The molecule has 3 rings (SSSR count). The van der Waals surface area contributed by atoms with Crippen molar-refractivity contribution in [1.29, 1.82) is 0 Å². The van der Waals surface area contributed by atoms with Crippen molar-refractivity contribution in [3.63, 3.8) is 0 Å². The van der Waals surface area contributed by atoms with Crippen molar-refractivity contribution in [2.75, 3.05) is 48.4 Å². The molecule has 0 radical (unpaired) electrons. The number of thioether (sulfide) groups is 1. The minimum absolute atomic E-state index is 0.0173. The van der Waals surface area contributed by atoms with E-state index < -0.39 is 0 Å². The van der Waals surface area contributed by atoms with Crippen molar-refractivity contribution in [3.8, 4) is 34.5 Å². The number of carbonyl (C=O) groups excluding carboxylic acids is 1. The van der Waals surface area contributed by atoms with Gasteiger partial charge in [0.25, 0.3) is 0 Å². The summed E-state index contributed by atoms with van der Waals surface area (Å²) in [4.78, 5) is 14.6. The standard InChI is InChI=1S/C22H27NO7S/c1-25-14-9-16(26-2)15(17(10-14)27-3)11-23-20(24)12-31-22(23)13-7-18(28-4)21(30-6)19(8-13)29-5/h7-10,22H,11-12H2,1-6H3. The molecule has 1 unspecified atom stereocenters. The summed E-state index contributed by atoms with van der Waals surface area (Å²) >= 11 is 1.54. The minimum atomic E-state index is -0.238. The monoisotopic (exact) mass is 449 g/mol. The van der Waals surface area contributed by atoms with Crippen molar-refractivity contribution in [2.24, 2.45) is 0 Å². The van der Waals surface area contributed by atoms with Crippen molar-refractivity contribution in [1.82, 2.24) is 4.90 Å². The molecule has 9 heteroatoms. The largest absolute Gasteiger partial charge is 0.496 e. The Morgan fingerprint density at radius 1 is 0.806 bits per heavy atom. The fraction of sp³-hybridized carbons (Fsp3) is 0.409. The highest BCUT2D eigenvalue weighted by molar-refractivity contribution is 8.00. The lowest BCUT2D eigenvalue weighted by Gasteiger charge is -2.27. The van der Waals surface area contributed by atoms with Crippen LogP contribution in [0.3, 0.4) is 0 Å². The van der Waals surface area contributed by atoms with Crippen molar-refractivity contribution in [3.05, 3.63) is 35.4 Å². The highest BCUT2D eigenvalue weighted by Gasteiger charge is 2.35. The van der Waals surface area contributed by atoms with E-state index in [-0.39, 0.29) is 11.3 Å². The van der Waals surface area contributed by atoms with E-state index in [0.29, 0.717) is 46.8 Å². The SMILES string of the molecule is COc1cc(OC)c(CN2C(=O)CSC2c2cc(OC)c(OC)c(OC)c2)c(OC)c1. The number of hydrogen-bond donors (Lipinski definition) is 0. The van der Waals surface area contributed by atoms with Gasteiger partial charge in [0.15, 0.2) is 11.5 Å². The van der Waals surface area contributed by atoms with Crippen LogP contribution >= 0.6 is 11.8 Å². The van der Waals surface area contributed by atoms with Crippen LogP contribution in [0.25, 0.3) is 0 Å². The van der Waals surface area contributed by atoms with E-state index in [1.165, 1.54) is 11.8 Å². The van der Waals surface area contributed by atoms with Crippen LogP contribution in [0, 0.1) is 0 Å². The molecule has 2 aromatic carbocycles. The fourth-order valence-electron chi connectivity index (χ4n) is 3.55. The Labute approximate surface area is 186 Å². The zero-order chi connectivity index (χ0) is 22.5. The Morgan fingerprint density at radius 3 is 1.81 bits per heavy atom. The van der Waals surface area contributed by atoms with Crippen molar-refractivity contribution < 1.29 is 33.2 Å². The van der Waals surface area contributed by atoms with Crippen molar-refractivity contribution >= 4 is 17.7 Å². The highest BCUT2D eigenvalue weighted by atomic mass is 32.2. The number of hydrogen-bond acceptors (Lipinski definition) is 8. The van der Waals surface area contributed by atoms with Gasteiger partial charge in [-0.25, -0.2) is 0 Å². The minimum Gasteiger partial charge on any atom is -0.496 e. The summed E-state index contributed by atoms with van der Waals surface area (Å²) < 4.78 is 32.8. The number of methoxy groups -OCH3 is 6. The van der Waals surface area contributed by atoms with Crippen LogP contribution in [0.1, 0.15) is 16.5 Å². The van der Waals surface area contributed by atoms with Gasteiger partial charge in [-0.1, -0.05) is 0 Å². The van der Waals surface area contributed by atoms with Gasteiger partial charge in [0.1, 0.15) is 22.6 Å². The van der Waals surface area contributed by atoms with Crippen LogP contribution in [0.4, 0.5) is 0 Å². The number of benzene rings is 2. The summed E-state index contributed by atoms with van der Waals surface area (Å²) in [5.41, 5.74) is 1.64. The summed E-state index contributed by atoms with van der Waals surface area (Å²) in [7, 11) is 9.43. The maximum Gasteiger partial charge on any atom is 0.234 e. The second-order valence-electron chi connectivity index (χ2n) is 6.65. The topological polar surface area (TPSA) is 75.7 Å². The first-order chi connectivity index (χ1) is 15.0. The molecule has 1 saturated heterocycles. The molecule has 2 aromatic rings. The average Bonchev–Trinajstić information content (AvgIpc) is 3.17. The maximum atomic E-state index is 12.8. The molecule has 0 spiro atoms. The predicted octanol–water partition coefficient (Wildman–Crippen LogP) is 3.51. The van der Waals surface area contributed by atoms with E-state index in [1.54, 1.807) is 59.7 Å². The quantitative estimate of drug-likeness (QED) is 0.576. The molecule has 1 aliphatic rings. The van der Waals surface area contributed by atoms with E-state index in [0.717, 1.165) is 11.1 Å². The molecule has 1 atom stereocenters. The van der Waals surface area contributed by atoms with Crippen molar-refractivity contribution in [2.45, 2.75) is 11.9 Å². The molecule has 0 saturated carbocycles. The lowest BCUT2D eigenvalue weighted by molar-refractivity contribution is -0.128. The molecule has 31 heavy (non-hydrogen) atoms. The second kappa shape index (κ2) is 9.91. The molecule has 0 bridgehead atoms. The van der Waals surface area contributed by atoms with E-state index in [1.807, 2.05) is 12.1 Å². The molecule has 1 fully saturated rings. The number of amides is 1. The zero-order valence-corrected chi connectivity index (χ0v) is 19.3. The summed E-state index contributed by atoms with van der Waals surface area (Å²) in [5, 5.41) is -0.238. The van der Waals surface area contributed by atoms with Gasteiger partial charge in [0.2, 0.25) is 11.7 Å². The summed E-state index contributed by atoms with van der Waals surface area (Å²) in [6.07, 6.45) is 0. The van der Waals surface area contributed by atoms with Gasteiger partial charge in [0, 0.05) is 12.1 Å². The number of ether oxygens (including phenoxy) is 6. The smallest absolute Gasteiger partial charge is 0.234 e. The van der Waals surface area contributed by atoms with Crippen LogP contribution in [0.2, 0.25) is 0 Å². The van der Waals surface area contributed by atoms with Crippen LogP contribution in [0.5, 0.6) is 34.5 Å². The number of rotatable bonds is 9. The molecule has 1 amide bonds. The first-order valence-corrected chi connectivity index (χ1v) is 10.6. The highest BCUT2D eigenvalue weighted by Crippen LogP contribution is 2.47. The third-order valence-electron chi connectivity index (χ3n) is 5.09. The normalized spacial score (nSPS) is 15.6. The zero-order valence-electron chi connectivity index (χ0n) is 18.5. The average molecular weight is 450 g/mol. The summed E-state index contributed by atoms with van der Waals surface area (Å²) in [5.74, 6) is 3.75. The predicted molar refractivity (Wildman–Crippen MR) is 118 cm³/mol. The lowest BCUT2D eigenvalue weighted by atomic mass is 10.1. The Balaban J connectivity index is 2.02. The Kier molecular flexibility index (Phi) is 7.27. The number of nitrogens with zero attached hydrogens (tertiary/aromatic N) is 1. The third-order valence-corrected chi connectivity index (χ3v) is 6.34. The number of carbonyl (C=O) groups is 1. The second-order valence-corrected chi connectivity index (χ2v) is 7.72. The third kappa shape index (κ3) is 4.41. The van der Waals surface area contributed by atoms with Crippen LogP contribution in [0.15, 0.2) is 24.3 Å². The first kappa shape index (κ1) is 22.7. The van der Waals surface area contributed by atoms with Gasteiger partial charge in [0.05, 0.1) is 60.5 Å². The molecule has 0 aromatic heterocycles. The summed E-state index contributed by atoms with van der Waals surface area (Å²) in [6.45, 7) is 0.309. The lowest BCUT2D eigenvalue weighted by Crippen LogP contribution is -2.28. The van der Waals surface area contributed by atoms with Gasteiger partial charge in [-0.15, -0.1) is 11.8 Å². The Morgan fingerprint density at radius 2 is 1.35 bits per heavy atom. The first-order valence-electron chi connectivity index (χ1n) is 9.51. The van der Waals surface area contributed by atoms with E-state index in [4.69, 9.17) is 28.4 Å². The summed E-state index contributed by atoms with van der Waals surface area (Å²) in [6, 6.07) is 7.29. The van der Waals surface area contributed by atoms with Gasteiger partial charge >= 0.3 is 0 Å². The van der Waals surface area contributed by atoms with E-state index in [9.17, 15) is 4.79 Å². The molecule has 1 heterocycles. The van der Waals surface area contributed by atoms with E-state index in [2.05, 4.69) is 0 Å². The molecule has 8 nitrogen and oxygen atoms in total. The van der Waals surface area contributed by atoms with E-state index >= 15 is 0 Å². The fourth-order valence-corrected chi connectivity index (χ4v) is 4.72. The maximum absolute atomic E-state index is 12.8. The molecule has 1 aliphatic heterocycles. The van der Waals surface area contributed by atoms with Crippen LogP contribution < -0.4 is 28.4 Å². The van der Waals surface area contributed by atoms with Gasteiger partial charge in [-0.3, -0.25) is 4.79 Å². The molecular weight excluding hydrogens is 422 g/mol.